The zero-order valence-corrected chi connectivity index (χ0v) is 7.60. The van der Waals surface area contributed by atoms with E-state index in [1.54, 1.807) is 0 Å². The van der Waals surface area contributed by atoms with Crippen molar-refractivity contribution < 1.29 is 10.1 Å². The van der Waals surface area contributed by atoms with Crippen molar-refractivity contribution in [3.05, 3.63) is 24.3 Å². The van der Waals surface area contributed by atoms with Crippen LogP contribution in [0.5, 0.6) is 0 Å². The second-order valence-corrected chi connectivity index (χ2v) is 3.62. The van der Waals surface area contributed by atoms with Crippen molar-refractivity contribution in [3.8, 4) is 0 Å². The minimum atomic E-state index is -0.499. The van der Waals surface area contributed by atoms with Gasteiger partial charge in [0.2, 0.25) is 0 Å². The Labute approximate surface area is 73.5 Å². The van der Waals surface area contributed by atoms with Crippen molar-refractivity contribution in [2.45, 2.75) is 38.2 Å². The van der Waals surface area contributed by atoms with E-state index in [0.29, 0.717) is 0 Å². The summed E-state index contributed by atoms with van der Waals surface area (Å²) in [5, 5.41) is 8.81. The third kappa shape index (κ3) is 1.59. The highest BCUT2D eigenvalue weighted by molar-refractivity contribution is 5.16. The van der Waals surface area contributed by atoms with Gasteiger partial charge in [-0.1, -0.05) is 18.7 Å². The van der Waals surface area contributed by atoms with Gasteiger partial charge in [-0.15, -0.1) is 0 Å². The van der Waals surface area contributed by atoms with Gasteiger partial charge in [0.05, 0.1) is 0 Å². The summed E-state index contributed by atoms with van der Waals surface area (Å²) >= 11 is 0. The van der Waals surface area contributed by atoms with E-state index >= 15 is 0 Å². The Morgan fingerprint density at radius 2 is 2.00 bits per heavy atom. The van der Waals surface area contributed by atoms with E-state index < -0.39 is 5.60 Å². The first-order valence-electron chi connectivity index (χ1n) is 4.26. The predicted molar refractivity (Wildman–Crippen MR) is 48.9 cm³/mol. The maximum atomic E-state index is 8.81. The van der Waals surface area contributed by atoms with Crippen LogP contribution < -0.4 is 0 Å². The number of rotatable bonds is 2. The highest BCUT2D eigenvalue weighted by Gasteiger charge is 2.35. The van der Waals surface area contributed by atoms with Crippen LogP contribution in [-0.2, 0) is 4.89 Å². The first-order valence-corrected chi connectivity index (χ1v) is 4.26. The molecule has 0 spiro atoms. The van der Waals surface area contributed by atoms with Gasteiger partial charge in [-0.25, -0.2) is 4.89 Å². The van der Waals surface area contributed by atoms with E-state index in [-0.39, 0.29) is 0 Å². The molecule has 0 bridgehead atoms. The average molecular weight is 168 g/mol. The first kappa shape index (κ1) is 9.49. The summed E-state index contributed by atoms with van der Waals surface area (Å²) in [5.74, 6) is 0. The summed E-state index contributed by atoms with van der Waals surface area (Å²) in [6.07, 6.45) is 3.45. The van der Waals surface area contributed by atoms with Crippen molar-refractivity contribution in [1.29, 1.82) is 0 Å². The van der Waals surface area contributed by atoms with E-state index in [1.165, 1.54) is 5.57 Å². The average Bonchev–Trinajstić information content (AvgIpc) is 2.06. The molecule has 1 aliphatic carbocycles. The molecule has 0 atom stereocenters. The Kier molecular flexibility index (Phi) is 2.70. The lowest BCUT2D eigenvalue weighted by Crippen LogP contribution is -2.35. The van der Waals surface area contributed by atoms with E-state index in [9.17, 15) is 0 Å². The Morgan fingerprint density at radius 1 is 1.50 bits per heavy atom. The molecule has 0 radical (unpaired) electrons. The first-order chi connectivity index (χ1) is 5.60. The molecule has 68 valence electrons. The van der Waals surface area contributed by atoms with Gasteiger partial charge in [-0.05, 0) is 38.2 Å². The lowest BCUT2D eigenvalue weighted by Gasteiger charge is -2.35. The molecule has 0 saturated heterocycles. The highest BCUT2D eigenvalue weighted by atomic mass is 17.1. The standard InChI is InChI=1S/C10H16O2/c1-8(2)10(12-11)6-4-9(3)5-7-10/h11H,1,3-7H2,2H3. The molecule has 2 nitrogen and oxygen atoms in total. The molecule has 0 amide bonds. The molecule has 12 heavy (non-hydrogen) atoms. The molecule has 0 aromatic rings. The maximum Gasteiger partial charge on any atom is 0.124 e. The van der Waals surface area contributed by atoms with Crippen LogP contribution >= 0.6 is 0 Å². The fraction of sp³-hybridized carbons (Fsp3) is 0.600. The predicted octanol–water partition coefficient (Wildman–Crippen LogP) is 2.92. The Hall–Kier alpha value is -0.600. The van der Waals surface area contributed by atoms with Crippen LogP contribution in [0.4, 0.5) is 0 Å². The summed E-state index contributed by atoms with van der Waals surface area (Å²) in [6, 6.07) is 0. The molecule has 2 heteroatoms. The van der Waals surface area contributed by atoms with Crippen molar-refractivity contribution in [2.24, 2.45) is 0 Å². The summed E-state index contributed by atoms with van der Waals surface area (Å²) in [6.45, 7) is 9.63. The quantitative estimate of drug-likeness (QED) is 0.390. The van der Waals surface area contributed by atoms with Gasteiger partial charge in [0.25, 0.3) is 0 Å². The molecule has 0 aromatic carbocycles. The molecular formula is C10H16O2. The molecular weight excluding hydrogens is 152 g/mol. The van der Waals surface area contributed by atoms with E-state index in [4.69, 9.17) is 5.26 Å². The number of allylic oxidation sites excluding steroid dienone is 1. The second-order valence-electron chi connectivity index (χ2n) is 3.62. The lowest BCUT2D eigenvalue weighted by atomic mass is 9.79. The zero-order chi connectivity index (χ0) is 9.19. The fourth-order valence-electron chi connectivity index (χ4n) is 1.60. The normalized spacial score (nSPS) is 22.3. The second kappa shape index (κ2) is 3.42. The van der Waals surface area contributed by atoms with Crippen LogP contribution in [0.25, 0.3) is 0 Å². The number of hydrogen-bond acceptors (Lipinski definition) is 2. The smallest absolute Gasteiger partial charge is 0.124 e. The summed E-state index contributed by atoms with van der Waals surface area (Å²) in [5.41, 5.74) is 1.64. The SMILES string of the molecule is C=C1CCC(OO)(C(=C)C)CC1. The van der Waals surface area contributed by atoms with Gasteiger partial charge in [0.1, 0.15) is 5.60 Å². The molecule has 0 heterocycles. The summed E-state index contributed by atoms with van der Waals surface area (Å²) in [4.78, 5) is 4.55. The number of hydrogen-bond donors (Lipinski definition) is 1. The van der Waals surface area contributed by atoms with Crippen LogP contribution in [0.1, 0.15) is 32.6 Å². The Morgan fingerprint density at radius 3 is 2.33 bits per heavy atom. The molecule has 0 aliphatic heterocycles. The molecule has 1 saturated carbocycles. The van der Waals surface area contributed by atoms with Crippen molar-refractivity contribution in [3.63, 3.8) is 0 Å². The molecule has 0 aromatic heterocycles. The third-order valence-electron chi connectivity index (χ3n) is 2.72. The van der Waals surface area contributed by atoms with Crippen LogP contribution in [0.15, 0.2) is 24.3 Å². The van der Waals surface area contributed by atoms with Crippen molar-refractivity contribution in [1.82, 2.24) is 0 Å². The van der Waals surface area contributed by atoms with E-state index in [1.807, 2.05) is 6.92 Å². The molecule has 1 fully saturated rings. The fourth-order valence-corrected chi connectivity index (χ4v) is 1.60. The molecule has 1 N–H and O–H groups in total. The van der Waals surface area contributed by atoms with E-state index in [2.05, 4.69) is 18.0 Å². The van der Waals surface area contributed by atoms with Crippen molar-refractivity contribution in [2.75, 3.05) is 0 Å². The topological polar surface area (TPSA) is 29.5 Å². The summed E-state index contributed by atoms with van der Waals surface area (Å²) < 4.78 is 0. The van der Waals surface area contributed by atoms with Gasteiger partial charge < -0.3 is 0 Å². The molecule has 1 aliphatic rings. The largest absolute Gasteiger partial charge is 0.251 e. The van der Waals surface area contributed by atoms with Gasteiger partial charge in [-0.3, -0.25) is 5.26 Å². The molecule has 1 rings (SSSR count). The maximum absolute atomic E-state index is 8.81. The van der Waals surface area contributed by atoms with Crippen LogP contribution in [0, 0.1) is 0 Å². The highest BCUT2D eigenvalue weighted by Crippen LogP contribution is 2.37. The molecule has 0 unspecified atom stereocenters. The van der Waals surface area contributed by atoms with Gasteiger partial charge in [0.15, 0.2) is 0 Å². The monoisotopic (exact) mass is 168 g/mol. The zero-order valence-electron chi connectivity index (χ0n) is 7.60. The minimum absolute atomic E-state index is 0.499. The third-order valence-corrected chi connectivity index (χ3v) is 2.72. The lowest BCUT2D eigenvalue weighted by molar-refractivity contribution is -0.316. The Bertz CT molecular complexity index is 196. The van der Waals surface area contributed by atoms with Crippen LogP contribution in [0.3, 0.4) is 0 Å². The van der Waals surface area contributed by atoms with E-state index in [0.717, 1.165) is 31.3 Å². The van der Waals surface area contributed by atoms with Gasteiger partial charge in [-0.2, -0.15) is 0 Å². The minimum Gasteiger partial charge on any atom is -0.251 e. The Balaban J connectivity index is 2.69. The van der Waals surface area contributed by atoms with Gasteiger partial charge in [0, 0.05) is 0 Å². The van der Waals surface area contributed by atoms with Gasteiger partial charge >= 0.3 is 0 Å². The summed E-state index contributed by atoms with van der Waals surface area (Å²) in [7, 11) is 0. The van der Waals surface area contributed by atoms with Crippen LogP contribution in [-0.4, -0.2) is 10.9 Å². The van der Waals surface area contributed by atoms with Crippen molar-refractivity contribution >= 4 is 0 Å². The van der Waals surface area contributed by atoms with Crippen LogP contribution in [0.2, 0.25) is 0 Å².